The van der Waals surface area contributed by atoms with Crippen molar-refractivity contribution >= 4 is 10.9 Å². The molecule has 0 spiro atoms. The summed E-state index contributed by atoms with van der Waals surface area (Å²) in [7, 11) is 2.17. The fourth-order valence-electron chi connectivity index (χ4n) is 3.06. The molecule has 2 aromatic rings. The van der Waals surface area contributed by atoms with Crippen molar-refractivity contribution in [2.45, 2.75) is 33.7 Å². The lowest BCUT2D eigenvalue weighted by Gasteiger charge is -2.17. The molecule has 0 amide bonds. The van der Waals surface area contributed by atoms with Crippen LogP contribution in [0.1, 0.15) is 31.5 Å². The van der Waals surface area contributed by atoms with Crippen LogP contribution in [0.5, 0.6) is 0 Å². The molecule has 0 unspecified atom stereocenters. The summed E-state index contributed by atoms with van der Waals surface area (Å²) in [5, 5.41) is 4.98. The number of aryl methyl sites for hydroxylation is 2. The predicted octanol–water partition coefficient (Wildman–Crippen LogP) is 3.31. The van der Waals surface area contributed by atoms with Crippen molar-refractivity contribution in [1.82, 2.24) is 14.8 Å². The average Bonchev–Trinajstić information content (AvgIpc) is 2.76. The van der Waals surface area contributed by atoms with Crippen LogP contribution < -0.4 is 5.32 Å². The van der Waals surface area contributed by atoms with Gasteiger partial charge in [-0.25, -0.2) is 0 Å². The van der Waals surface area contributed by atoms with Crippen LogP contribution in [0.25, 0.3) is 10.9 Å². The lowest BCUT2D eigenvalue weighted by atomic mass is 10.1. The Hall–Kier alpha value is -1.32. The first-order valence-corrected chi connectivity index (χ1v) is 8.15. The summed E-state index contributed by atoms with van der Waals surface area (Å²) in [6.07, 6.45) is 1.21. The SMILES string of the molecule is CCN(CC)CCCNCc1c(C)c2ccccc2n1C. The first kappa shape index (κ1) is 16.1. The number of benzene rings is 1. The van der Waals surface area contributed by atoms with Crippen molar-refractivity contribution in [1.29, 1.82) is 0 Å². The van der Waals surface area contributed by atoms with E-state index in [1.165, 1.54) is 35.1 Å². The van der Waals surface area contributed by atoms with Crippen molar-refractivity contribution in [3.8, 4) is 0 Å². The summed E-state index contributed by atoms with van der Waals surface area (Å²) in [5.74, 6) is 0. The fourth-order valence-corrected chi connectivity index (χ4v) is 3.06. The van der Waals surface area contributed by atoms with Crippen molar-refractivity contribution in [2.75, 3.05) is 26.2 Å². The number of hydrogen-bond donors (Lipinski definition) is 1. The van der Waals surface area contributed by atoms with Crippen molar-refractivity contribution < 1.29 is 0 Å². The highest BCUT2D eigenvalue weighted by Gasteiger charge is 2.10. The third kappa shape index (κ3) is 3.66. The minimum atomic E-state index is 0.954. The van der Waals surface area contributed by atoms with Gasteiger partial charge in [0.15, 0.2) is 0 Å². The molecular weight excluding hydrogens is 258 g/mol. The number of aromatic nitrogens is 1. The lowest BCUT2D eigenvalue weighted by Crippen LogP contribution is -2.27. The predicted molar refractivity (Wildman–Crippen MR) is 91.8 cm³/mol. The molecule has 0 aliphatic rings. The van der Waals surface area contributed by atoms with Gasteiger partial charge in [0.05, 0.1) is 0 Å². The van der Waals surface area contributed by atoms with Crippen LogP contribution in [0.3, 0.4) is 0 Å². The van der Waals surface area contributed by atoms with E-state index in [0.29, 0.717) is 0 Å². The molecule has 3 nitrogen and oxygen atoms in total. The Morgan fingerprint density at radius 2 is 1.86 bits per heavy atom. The number of rotatable bonds is 8. The molecule has 0 fully saturated rings. The van der Waals surface area contributed by atoms with Gasteiger partial charge in [-0.3, -0.25) is 0 Å². The zero-order valence-electron chi connectivity index (χ0n) is 13.9. The molecule has 0 bridgehead atoms. The minimum Gasteiger partial charge on any atom is -0.346 e. The van der Waals surface area contributed by atoms with E-state index in [0.717, 1.165) is 26.2 Å². The molecular formula is C18H29N3. The second-order valence-corrected chi connectivity index (χ2v) is 5.71. The van der Waals surface area contributed by atoms with Gasteiger partial charge in [-0.05, 0) is 51.2 Å². The van der Waals surface area contributed by atoms with E-state index in [4.69, 9.17) is 0 Å². The molecule has 1 heterocycles. The van der Waals surface area contributed by atoms with Crippen LogP contribution >= 0.6 is 0 Å². The maximum absolute atomic E-state index is 3.60. The molecule has 2 rings (SSSR count). The van der Waals surface area contributed by atoms with Gasteiger partial charge in [0.2, 0.25) is 0 Å². The van der Waals surface area contributed by atoms with E-state index in [-0.39, 0.29) is 0 Å². The van der Waals surface area contributed by atoms with Gasteiger partial charge >= 0.3 is 0 Å². The van der Waals surface area contributed by atoms with Gasteiger partial charge in [0, 0.05) is 30.2 Å². The Labute approximate surface area is 128 Å². The Kier molecular flexibility index (Phi) is 5.83. The third-order valence-corrected chi connectivity index (χ3v) is 4.52. The van der Waals surface area contributed by atoms with E-state index in [1.807, 2.05) is 0 Å². The van der Waals surface area contributed by atoms with Crippen molar-refractivity contribution in [3.63, 3.8) is 0 Å². The van der Waals surface area contributed by atoms with Gasteiger partial charge in [-0.1, -0.05) is 32.0 Å². The smallest absolute Gasteiger partial charge is 0.0483 e. The van der Waals surface area contributed by atoms with E-state index in [2.05, 4.69) is 66.9 Å². The van der Waals surface area contributed by atoms with E-state index < -0.39 is 0 Å². The molecule has 1 aromatic heterocycles. The maximum Gasteiger partial charge on any atom is 0.0483 e. The fraction of sp³-hybridized carbons (Fsp3) is 0.556. The van der Waals surface area contributed by atoms with Gasteiger partial charge in [0.25, 0.3) is 0 Å². The van der Waals surface area contributed by atoms with Gasteiger partial charge in [0.1, 0.15) is 0 Å². The Morgan fingerprint density at radius 3 is 2.52 bits per heavy atom. The minimum absolute atomic E-state index is 0.954. The zero-order valence-corrected chi connectivity index (χ0v) is 13.9. The Morgan fingerprint density at radius 1 is 1.14 bits per heavy atom. The quantitative estimate of drug-likeness (QED) is 0.752. The first-order valence-electron chi connectivity index (χ1n) is 8.15. The summed E-state index contributed by atoms with van der Waals surface area (Å²) in [5.41, 5.74) is 4.14. The molecule has 0 aliphatic carbocycles. The van der Waals surface area contributed by atoms with E-state index >= 15 is 0 Å². The topological polar surface area (TPSA) is 20.2 Å². The third-order valence-electron chi connectivity index (χ3n) is 4.52. The monoisotopic (exact) mass is 287 g/mol. The molecule has 0 atom stereocenters. The second-order valence-electron chi connectivity index (χ2n) is 5.71. The standard InChI is InChI=1S/C18H29N3/c1-5-21(6-2)13-9-12-19-14-18-15(3)16-10-7-8-11-17(16)20(18)4/h7-8,10-11,19H,5-6,9,12-14H2,1-4H3. The number of fused-ring (bicyclic) bond motifs is 1. The average molecular weight is 287 g/mol. The molecule has 116 valence electrons. The molecule has 1 N–H and O–H groups in total. The van der Waals surface area contributed by atoms with Crippen molar-refractivity contribution in [2.24, 2.45) is 7.05 Å². The number of hydrogen-bond acceptors (Lipinski definition) is 2. The van der Waals surface area contributed by atoms with Gasteiger partial charge in [-0.2, -0.15) is 0 Å². The first-order chi connectivity index (χ1) is 10.2. The summed E-state index contributed by atoms with van der Waals surface area (Å²) < 4.78 is 2.32. The van der Waals surface area contributed by atoms with Crippen LogP contribution in [0.15, 0.2) is 24.3 Å². The molecule has 0 saturated heterocycles. The summed E-state index contributed by atoms with van der Waals surface area (Å²) in [6.45, 7) is 12.2. The maximum atomic E-state index is 3.60. The van der Waals surface area contributed by atoms with Crippen LogP contribution in [-0.4, -0.2) is 35.6 Å². The Balaban J connectivity index is 1.89. The van der Waals surface area contributed by atoms with E-state index in [1.54, 1.807) is 0 Å². The largest absolute Gasteiger partial charge is 0.346 e. The van der Waals surface area contributed by atoms with Gasteiger partial charge in [-0.15, -0.1) is 0 Å². The molecule has 1 aromatic carbocycles. The lowest BCUT2D eigenvalue weighted by molar-refractivity contribution is 0.298. The number of nitrogens with one attached hydrogen (secondary N) is 1. The molecule has 21 heavy (non-hydrogen) atoms. The highest BCUT2D eigenvalue weighted by Crippen LogP contribution is 2.24. The molecule has 0 radical (unpaired) electrons. The highest BCUT2D eigenvalue weighted by molar-refractivity contribution is 5.85. The summed E-state index contributed by atoms with van der Waals surface area (Å²) in [4.78, 5) is 2.48. The summed E-state index contributed by atoms with van der Waals surface area (Å²) >= 11 is 0. The highest BCUT2D eigenvalue weighted by atomic mass is 15.1. The van der Waals surface area contributed by atoms with Crippen LogP contribution in [0.4, 0.5) is 0 Å². The second kappa shape index (κ2) is 7.62. The van der Waals surface area contributed by atoms with Crippen LogP contribution in [0.2, 0.25) is 0 Å². The zero-order chi connectivity index (χ0) is 15.2. The van der Waals surface area contributed by atoms with E-state index in [9.17, 15) is 0 Å². The summed E-state index contributed by atoms with van der Waals surface area (Å²) in [6, 6.07) is 8.65. The number of nitrogens with zero attached hydrogens (tertiary/aromatic N) is 2. The van der Waals surface area contributed by atoms with Crippen LogP contribution in [0, 0.1) is 6.92 Å². The van der Waals surface area contributed by atoms with Gasteiger partial charge < -0.3 is 14.8 Å². The molecule has 0 aliphatic heterocycles. The normalized spacial score (nSPS) is 11.7. The van der Waals surface area contributed by atoms with Crippen molar-refractivity contribution in [3.05, 3.63) is 35.5 Å². The van der Waals surface area contributed by atoms with Crippen LogP contribution in [-0.2, 0) is 13.6 Å². The molecule has 0 saturated carbocycles. The Bertz CT molecular complexity index is 528. The number of para-hydroxylation sites is 1. The molecule has 3 heteroatoms.